The Kier molecular flexibility index (Phi) is 3.96. The number of benzene rings is 1. The van der Waals surface area contributed by atoms with Gasteiger partial charge >= 0.3 is 5.97 Å². The van der Waals surface area contributed by atoms with Crippen LogP contribution in [0.4, 0.5) is 11.5 Å². The monoisotopic (exact) mass is 333 g/mol. The number of nitrogens with zero attached hydrogens (tertiary/aromatic N) is 2. The second-order valence-corrected chi connectivity index (χ2v) is 6.02. The van der Waals surface area contributed by atoms with E-state index in [1.54, 1.807) is 12.1 Å². The standard InChI is InChI=1S/C15H12ClN3O2S/c1-8-11-13(19-10-5-3-9(16)4-6-10)17-7-18-14(11)22-12(8)15(20)21-2/h3-7H,1-2H3,(H,17,18,19). The van der Waals surface area contributed by atoms with Crippen molar-refractivity contribution in [2.45, 2.75) is 6.92 Å². The number of aromatic nitrogens is 2. The third kappa shape index (κ3) is 2.63. The van der Waals surface area contributed by atoms with Crippen LogP contribution < -0.4 is 5.32 Å². The van der Waals surface area contributed by atoms with Gasteiger partial charge in [-0.2, -0.15) is 0 Å². The Bertz CT molecular complexity index is 846. The maximum absolute atomic E-state index is 11.8. The van der Waals surface area contributed by atoms with Gasteiger partial charge in [-0.15, -0.1) is 11.3 Å². The Morgan fingerprint density at radius 3 is 2.68 bits per heavy atom. The number of nitrogens with one attached hydrogen (secondary N) is 1. The van der Waals surface area contributed by atoms with E-state index in [0.717, 1.165) is 21.5 Å². The van der Waals surface area contributed by atoms with Crippen molar-refractivity contribution in [3.8, 4) is 0 Å². The number of fused-ring (bicyclic) bond motifs is 1. The van der Waals surface area contributed by atoms with Crippen LogP contribution in [0, 0.1) is 6.92 Å². The Hall–Kier alpha value is -2.18. The summed E-state index contributed by atoms with van der Waals surface area (Å²) in [6.07, 6.45) is 1.47. The predicted octanol–water partition coefficient (Wildman–Crippen LogP) is 4.18. The van der Waals surface area contributed by atoms with Gasteiger partial charge in [0, 0.05) is 10.7 Å². The Labute approximate surface area is 135 Å². The van der Waals surface area contributed by atoms with Crippen LogP contribution in [0.25, 0.3) is 10.2 Å². The molecule has 0 amide bonds. The fraction of sp³-hybridized carbons (Fsp3) is 0.133. The molecule has 0 atom stereocenters. The SMILES string of the molecule is COC(=O)c1sc2ncnc(Nc3ccc(Cl)cc3)c2c1C. The van der Waals surface area contributed by atoms with Crippen LogP contribution in [-0.4, -0.2) is 23.0 Å². The number of anilines is 2. The summed E-state index contributed by atoms with van der Waals surface area (Å²) in [5.74, 6) is 0.286. The first-order valence-corrected chi connectivity index (χ1v) is 7.64. The largest absolute Gasteiger partial charge is 0.465 e. The molecule has 0 radical (unpaired) electrons. The first-order valence-electron chi connectivity index (χ1n) is 6.45. The van der Waals surface area contributed by atoms with Gasteiger partial charge in [-0.25, -0.2) is 14.8 Å². The molecule has 5 nitrogen and oxygen atoms in total. The summed E-state index contributed by atoms with van der Waals surface area (Å²) in [5, 5.41) is 4.72. The molecular weight excluding hydrogens is 322 g/mol. The van der Waals surface area contributed by atoms with E-state index in [1.807, 2.05) is 19.1 Å². The molecule has 0 saturated carbocycles. The minimum atomic E-state index is -0.363. The average molecular weight is 334 g/mol. The van der Waals surface area contributed by atoms with Gasteiger partial charge in [0.05, 0.1) is 12.5 Å². The highest BCUT2D eigenvalue weighted by atomic mass is 35.5. The highest BCUT2D eigenvalue weighted by Crippen LogP contribution is 2.34. The molecule has 0 unspecified atom stereocenters. The number of carbonyl (C=O) groups is 1. The fourth-order valence-corrected chi connectivity index (χ4v) is 3.32. The topological polar surface area (TPSA) is 64.1 Å². The summed E-state index contributed by atoms with van der Waals surface area (Å²) in [6.45, 7) is 1.86. The molecular formula is C15H12ClN3O2S. The van der Waals surface area contributed by atoms with Crippen LogP contribution in [-0.2, 0) is 4.74 Å². The van der Waals surface area contributed by atoms with Crippen molar-refractivity contribution in [2.24, 2.45) is 0 Å². The zero-order valence-corrected chi connectivity index (χ0v) is 13.5. The smallest absolute Gasteiger partial charge is 0.348 e. The molecule has 0 spiro atoms. The quantitative estimate of drug-likeness (QED) is 0.728. The second-order valence-electron chi connectivity index (χ2n) is 4.58. The minimum Gasteiger partial charge on any atom is -0.465 e. The van der Waals surface area contributed by atoms with Gasteiger partial charge < -0.3 is 10.1 Å². The Morgan fingerprint density at radius 2 is 2.00 bits per heavy atom. The van der Waals surface area contributed by atoms with Crippen LogP contribution >= 0.6 is 22.9 Å². The lowest BCUT2D eigenvalue weighted by molar-refractivity contribution is 0.0605. The number of ether oxygens (including phenoxy) is 1. The third-order valence-electron chi connectivity index (χ3n) is 3.20. The highest BCUT2D eigenvalue weighted by Gasteiger charge is 2.19. The van der Waals surface area contributed by atoms with Crippen molar-refractivity contribution in [2.75, 3.05) is 12.4 Å². The number of carbonyl (C=O) groups excluding carboxylic acids is 1. The van der Waals surface area contributed by atoms with Gasteiger partial charge in [0.25, 0.3) is 0 Å². The molecule has 1 N–H and O–H groups in total. The fourth-order valence-electron chi connectivity index (χ4n) is 2.12. The molecule has 7 heteroatoms. The summed E-state index contributed by atoms with van der Waals surface area (Å²) in [4.78, 5) is 21.6. The van der Waals surface area contributed by atoms with Gasteiger partial charge in [-0.05, 0) is 36.8 Å². The molecule has 22 heavy (non-hydrogen) atoms. The zero-order chi connectivity index (χ0) is 15.7. The summed E-state index contributed by atoms with van der Waals surface area (Å²) in [5.41, 5.74) is 1.67. The number of halogens is 1. The predicted molar refractivity (Wildman–Crippen MR) is 88.2 cm³/mol. The summed E-state index contributed by atoms with van der Waals surface area (Å²) < 4.78 is 4.81. The van der Waals surface area contributed by atoms with Gasteiger partial charge in [-0.1, -0.05) is 11.6 Å². The van der Waals surface area contributed by atoms with Crippen LogP contribution in [0.5, 0.6) is 0 Å². The molecule has 2 aromatic heterocycles. The van der Waals surface area contributed by atoms with Crippen molar-refractivity contribution in [3.63, 3.8) is 0 Å². The zero-order valence-electron chi connectivity index (χ0n) is 11.9. The molecule has 3 aromatic rings. The maximum Gasteiger partial charge on any atom is 0.348 e. The first-order chi connectivity index (χ1) is 10.6. The number of esters is 1. The van der Waals surface area contributed by atoms with Crippen molar-refractivity contribution in [1.29, 1.82) is 0 Å². The van der Waals surface area contributed by atoms with Crippen molar-refractivity contribution < 1.29 is 9.53 Å². The van der Waals surface area contributed by atoms with E-state index in [4.69, 9.17) is 16.3 Å². The number of hydrogen-bond donors (Lipinski definition) is 1. The summed E-state index contributed by atoms with van der Waals surface area (Å²) in [7, 11) is 1.37. The molecule has 0 aliphatic heterocycles. The molecule has 0 aliphatic carbocycles. The number of hydrogen-bond acceptors (Lipinski definition) is 6. The number of thiophene rings is 1. The Balaban J connectivity index is 2.08. The maximum atomic E-state index is 11.8. The third-order valence-corrected chi connectivity index (χ3v) is 4.64. The van der Waals surface area contributed by atoms with Gasteiger partial charge in [-0.3, -0.25) is 0 Å². The lowest BCUT2D eigenvalue weighted by atomic mass is 10.2. The highest BCUT2D eigenvalue weighted by molar-refractivity contribution is 7.20. The summed E-state index contributed by atoms with van der Waals surface area (Å²) >= 11 is 7.18. The number of rotatable bonds is 3. The molecule has 0 aliphatic rings. The number of aryl methyl sites for hydroxylation is 1. The van der Waals surface area contributed by atoms with Crippen molar-refractivity contribution >= 4 is 50.6 Å². The molecule has 112 valence electrons. The van der Waals surface area contributed by atoms with E-state index in [0.29, 0.717) is 15.7 Å². The second kappa shape index (κ2) is 5.90. The Morgan fingerprint density at radius 1 is 1.27 bits per heavy atom. The van der Waals surface area contributed by atoms with Crippen molar-refractivity contribution in [3.05, 3.63) is 46.1 Å². The van der Waals surface area contributed by atoms with E-state index in [2.05, 4.69) is 15.3 Å². The number of methoxy groups -OCH3 is 1. The van der Waals surface area contributed by atoms with Crippen LogP contribution in [0.1, 0.15) is 15.2 Å². The molecule has 0 bridgehead atoms. The molecule has 3 rings (SSSR count). The normalized spacial score (nSPS) is 10.7. The van der Waals surface area contributed by atoms with Gasteiger partial charge in [0.15, 0.2) is 0 Å². The summed E-state index contributed by atoms with van der Waals surface area (Å²) in [6, 6.07) is 7.31. The van der Waals surface area contributed by atoms with E-state index in [1.165, 1.54) is 24.8 Å². The first kappa shape index (κ1) is 14.7. The van der Waals surface area contributed by atoms with Crippen LogP contribution in [0.2, 0.25) is 5.02 Å². The van der Waals surface area contributed by atoms with Gasteiger partial charge in [0.1, 0.15) is 21.9 Å². The van der Waals surface area contributed by atoms with E-state index < -0.39 is 0 Å². The molecule has 1 aromatic carbocycles. The van der Waals surface area contributed by atoms with E-state index in [9.17, 15) is 4.79 Å². The minimum absolute atomic E-state index is 0.363. The van der Waals surface area contributed by atoms with Gasteiger partial charge in [0.2, 0.25) is 0 Å². The molecule has 0 fully saturated rings. The lowest BCUT2D eigenvalue weighted by Gasteiger charge is -2.07. The van der Waals surface area contributed by atoms with Crippen LogP contribution in [0.15, 0.2) is 30.6 Å². The van der Waals surface area contributed by atoms with Crippen molar-refractivity contribution in [1.82, 2.24) is 9.97 Å². The lowest BCUT2D eigenvalue weighted by Crippen LogP contribution is -2.00. The molecule has 0 saturated heterocycles. The molecule has 2 heterocycles. The van der Waals surface area contributed by atoms with Crippen LogP contribution in [0.3, 0.4) is 0 Å². The van der Waals surface area contributed by atoms with E-state index >= 15 is 0 Å². The average Bonchev–Trinajstić information content (AvgIpc) is 2.87. The van der Waals surface area contributed by atoms with E-state index in [-0.39, 0.29) is 5.97 Å².